The summed E-state index contributed by atoms with van der Waals surface area (Å²) in [6.45, 7) is 0. The highest BCUT2D eigenvalue weighted by Crippen LogP contribution is 2.29. The Morgan fingerprint density at radius 3 is 2.47 bits per heavy atom. The predicted octanol–water partition coefficient (Wildman–Crippen LogP) is 3.93. The molecular formula is C17H27NO. The largest absolute Gasteiger partial charge is 0.497 e. The van der Waals surface area contributed by atoms with Crippen LogP contribution < -0.4 is 10.5 Å². The average molecular weight is 261 g/mol. The van der Waals surface area contributed by atoms with Crippen molar-refractivity contribution in [1.29, 1.82) is 0 Å². The first-order valence-corrected chi connectivity index (χ1v) is 7.66. The van der Waals surface area contributed by atoms with Crippen LogP contribution in [0, 0.1) is 5.92 Å². The van der Waals surface area contributed by atoms with Gasteiger partial charge in [0.2, 0.25) is 0 Å². The van der Waals surface area contributed by atoms with E-state index in [1.165, 1.54) is 44.1 Å². The Hall–Kier alpha value is -1.02. The normalized spacial score (nSPS) is 17.6. The summed E-state index contributed by atoms with van der Waals surface area (Å²) in [6, 6.07) is 8.70. The molecule has 106 valence electrons. The van der Waals surface area contributed by atoms with Gasteiger partial charge in [-0.15, -0.1) is 0 Å². The summed E-state index contributed by atoms with van der Waals surface area (Å²) in [7, 11) is 1.70. The molecule has 19 heavy (non-hydrogen) atoms. The molecule has 1 unspecified atom stereocenters. The first-order valence-electron chi connectivity index (χ1n) is 7.66. The lowest BCUT2D eigenvalue weighted by atomic mass is 9.96. The van der Waals surface area contributed by atoms with E-state index in [1.807, 2.05) is 12.1 Å². The van der Waals surface area contributed by atoms with Crippen molar-refractivity contribution >= 4 is 0 Å². The molecule has 1 aliphatic carbocycles. The Morgan fingerprint density at radius 1 is 1.16 bits per heavy atom. The molecule has 2 rings (SSSR count). The van der Waals surface area contributed by atoms with E-state index in [1.54, 1.807) is 7.11 Å². The number of hydrogen-bond donors (Lipinski definition) is 1. The van der Waals surface area contributed by atoms with Crippen LogP contribution in [0.1, 0.15) is 50.5 Å². The first kappa shape index (κ1) is 14.4. The molecule has 2 nitrogen and oxygen atoms in total. The monoisotopic (exact) mass is 261 g/mol. The van der Waals surface area contributed by atoms with Gasteiger partial charge in [0.05, 0.1) is 7.11 Å². The molecule has 1 atom stereocenters. The molecule has 1 aromatic carbocycles. The summed E-state index contributed by atoms with van der Waals surface area (Å²) in [5.41, 5.74) is 7.59. The maximum atomic E-state index is 6.23. The van der Waals surface area contributed by atoms with Crippen molar-refractivity contribution in [3.05, 3.63) is 29.8 Å². The van der Waals surface area contributed by atoms with E-state index in [0.717, 1.165) is 24.5 Å². The van der Waals surface area contributed by atoms with E-state index in [0.29, 0.717) is 6.04 Å². The number of benzene rings is 1. The molecule has 1 aliphatic rings. The lowest BCUT2D eigenvalue weighted by Crippen LogP contribution is -2.21. The second kappa shape index (κ2) is 7.54. The smallest absolute Gasteiger partial charge is 0.118 e. The Labute approximate surface area is 117 Å². The van der Waals surface area contributed by atoms with Gasteiger partial charge in [0, 0.05) is 6.04 Å². The number of hydrogen-bond acceptors (Lipinski definition) is 2. The van der Waals surface area contributed by atoms with Gasteiger partial charge in [-0.25, -0.2) is 0 Å². The van der Waals surface area contributed by atoms with Gasteiger partial charge in [0.15, 0.2) is 0 Å². The van der Waals surface area contributed by atoms with Crippen molar-refractivity contribution in [2.45, 2.75) is 57.4 Å². The second-order valence-electron chi connectivity index (χ2n) is 5.87. The highest BCUT2D eigenvalue weighted by molar-refractivity contribution is 5.27. The number of aryl methyl sites for hydroxylation is 1. The van der Waals surface area contributed by atoms with Gasteiger partial charge in [-0.1, -0.05) is 37.8 Å². The Kier molecular flexibility index (Phi) is 5.71. The van der Waals surface area contributed by atoms with Crippen LogP contribution in [0.2, 0.25) is 0 Å². The van der Waals surface area contributed by atoms with E-state index >= 15 is 0 Å². The highest BCUT2D eigenvalue weighted by Gasteiger charge is 2.15. The fraction of sp³-hybridized carbons (Fsp3) is 0.647. The maximum Gasteiger partial charge on any atom is 0.118 e. The zero-order chi connectivity index (χ0) is 13.5. The van der Waals surface area contributed by atoms with Crippen molar-refractivity contribution < 1.29 is 4.74 Å². The van der Waals surface area contributed by atoms with Crippen LogP contribution in [0.4, 0.5) is 0 Å². The topological polar surface area (TPSA) is 35.2 Å². The van der Waals surface area contributed by atoms with Gasteiger partial charge in [-0.3, -0.25) is 0 Å². The third-order valence-corrected chi connectivity index (χ3v) is 4.38. The second-order valence-corrected chi connectivity index (χ2v) is 5.87. The van der Waals surface area contributed by atoms with E-state index in [9.17, 15) is 0 Å². The van der Waals surface area contributed by atoms with Gasteiger partial charge >= 0.3 is 0 Å². The number of nitrogens with two attached hydrogens (primary N) is 1. The predicted molar refractivity (Wildman–Crippen MR) is 80.5 cm³/mol. The van der Waals surface area contributed by atoms with E-state index in [4.69, 9.17) is 10.5 Å². The summed E-state index contributed by atoms with van der Waals surface area (Å²) in [6.07, 6.45) is 10.5. The summed E-state index contributed by atoms with van der Waals surface area (Å²) >= 11 is 0. The minimum atomic E-state index is 0.364. The molecular weight excluding hydrogens is 234 g/mol. The van der Waals surface area contributed by atoms with Gasteiger partial charge in [0.1, 0.15) is 5.75 Å². The lowest BCUT2D eigenvalue weighted by Gasteiger charge is -2.14. The quantitative estimate of drug-likeness (QED) is 0.807. The van der Waals surface area contributed by atoms with Gasteiger partial charge in [-0.2, -0.15) is 0 Å². The highest BCUT2D eigenvalue weighted by atomic mass is 16.5. The molecule has 0 spiro atoms. The molecule has 0 aliphatic heterocycles. The van der Waals surface area contributed by atoms with Gasteiger partial charge in [-0.05, 0) is 49.3 Å². The summed E-state index contributed by atoms with van der Waals surface area (Å²) < 4.78 is 5.17. The zero-order valence-corrected chi connectivity index (χ0v) is 12.1. The fourth-order valence-electron chi connectivity index (χ4n) is 3.04. The first-order chi connectivity index (χ1) is 9.28. The van der Waals surface area contributed by atoms with E-state index in [-0.39, 0.29) is 0 Å². The molecule has 2 heteroatoms. The molecule has 2 N–H and O–H groups in total. The Bertz CT molecular complexity index is 354. The molecule has 0 saturated heterocycles. The lowest BCUT2D eigenvalue weighted by molar-refractivity contribution is 0.414. The van der Waals surface area contributed by atoms with Crippen LogP contribution in [-0.2, 0) is 6.42 Å². The van der Waals surface area contributed by atoms with Crippen LogP contribution in [0.3, 0.4) is 0 Å². The molecule has 0 bridgehead atoms. The van der Waals surface area contributed by atoms with E-state index in [2.05, 4.69) is 12.1 Å². The van der Waals surface area contributed by atoms with Crippen molar-refractivity contribution in [3.63, 3.8) is 0 Å². The van der Waals surface area contributed by atoms with Gasteiger partial charge in [0.25, 0.3) is 0 Å². The SMILES string of the molecule is COc1ccc(CCC(N)CCC2CCCC2)cc1. The Morgan fingerprint density at radius 2 is 1.84 bits per heavy atom. The molecule has 1 saturated carbocycles. The molecule has 0 radical (unpaired) electrons. The van der Waals surface area contributed by atoms with Crippen molar-refractivity contribution in [2.75, 3.05) is 7.11 Å². The van der Waals surface area contributed by atoms with Crippen LogP contribution in [0.25, 0.3) is 0 Å². The summed E-state index contributed by atoms with van der Waals surface area (Å²) in [4.78, 5) is 0. The molecule has 1 fully saturated rings. The molecule has 1 aromatic rings. The van der Waals surface area contributed by atoms with Crippen molar-refractivity contribution in [3.8, 4) is 5.75 Å². The van der Waals surface area contributed by atoms with Crippen LogP contribution in [0.5, 0.6) is 5.75 Å². The summed E-state index contributed by atoms with van der Waals surface area (Å²) in [5.74, 6) is 1.89. The summed E-state index contributed by atoms with van der Waals surface area (Å²) in [5, 5.41) is 0. The third-order valence-electron chi connectivity index (χ3n) is 4.38. The molecule has 0 amide bonds. The molecule has 0 heterocycles. The standard InChI is InChI=1S/C17H27NO/c1-19-17-12-8-15(9-13-17)7-11-16(18)10-6-14-4-2-3-5-14/h8-9,12-14,16H,2-7,10-11,18H2,1H3. The van der Waals surface area contributed by atoms with Crippen LogP contribution in [0.15, 0.2) is 24.3 Å². The minimum absolute atomic E-state index is 0.364. The zero-order valence-electron chi connectivity index (χ0n) is 12.1. The van der Waals surface area contributed by atoms with Crippen LogP contribution in [-0.4, -0.2) is 13.2 Å². The van der Waals surface area contributed by atoms with Crippen molar-refractivity contribution in [1.82, 2.24) is 0 Å². The maximum absolute atomic E-state index is 6.23. The Balaban J connectivity index is 1.65. The number of ether oxygens (including phenoxy) is 1. The molecule has 0 aromatic heterocycles. The third kappa shape index (κ3) is 4.87. The van der Waals surface area contributed by atoms with E-state index < -0.39 is 0 Å². The number of rotatable bonds is 7. The fourth-order valence-corrected chi connectivity index (χ4v) is 3.04. The van der Waals surface area contributed by atoms with Crippen LogP contribution >= 0.6 is 0 Å². The van der Waals surface area contributed by atoms with Crippen molar-refractivity contribution in [2.24, 2.45) is 11.7 Å². The number of methoxy groups -OCH3 is 1. The average Bonchev–Trinajstić information content (AvgIpc) is 2.96. The minimum Gasteiger partial charge on any atom is -0.497 e. The van der Waals surface area contributed by atoms with Gasteiger partial charge < -0.3 is 10.5 Å².